The predicted octanol–water partition coefficient (Wildman–Crippen LogP) is 4.49. The van der Waals surface area contributed by atoms with Gasteiger partial charge in [-0.05, 0) is 55.5 Å². The largest absolute Gasteiger partial charge is 0.351 e. The van der Waals surface area contributed by atoms with E-state index in [1.807, 2.05) is 4.90 Å². The lowest BCUT2D eigenvalue weighted by molar-refractivity contribution is -0.132. The van der Waals surface area contributed by atoms with Crippen molar-refractivity contribution in [3.05, 3.63) is 64.0 Å². The van der Waals surface area contributed by atoms with Gasteiger partial charge in [-0.2, -0.15) is 0 Å². The van der Waals surface area contributed by atoms with Crippen LogP contribution in [0.3, 0.4) is 0 Å². The van der Waals surface area contributed by atoms with E-state index >= 15 is 0 Å². The van der Waals surface area contributed by atoms with Crippen LogP contribution in [0.5, 0.6) is 0 Å². The van der Waals surface area contributed by atoms with Gasteiger partial charge < -0.3 is 4.90 Å². The molecule has 3 heterocycles. The molecule has 0 radical (unpaired) electrons. The van der Waals surface area contributed by atoms with Crippen molar-refractivity contribution < 1.29 is 9.18 Å². The van der Waals surface area contributed by atoms with Crippen LogP contribution in [0.2, 0.25) is 5.02 Å². The number of carbonyl (C=O) groups excluding carboxylic acids is 1. The number of halogens is 2. The summed E-state index contributed by atoms with van der Waals surface area (Å²) < 4.78 is 16.4. The summed E-state index contributed by atoms with van der Waals surface area (Å²) in [5.41, 5.74) is 0.735. The molecule has 1 amide bonds. The molecule has 33 heavy (non-hydrogen) atoms. The summed E-state index contributed by atoms with van der Waals surface area (Å²) in [5.74, 6) is 0.626. The van der Waals surface area contributed by atoms with E-state index in [1.54, 1.807) is 12.3 Å². The van der Waals surface area contributed by atoms with Crippen LogP contribution in [-0.2, 0) is 4.79 Å². The van der Waals surface area contributed by atoms with Crippen LogP contribution in [0.1, 0.15) is 45.6 Å². The van der Waals surface area contributed by atoms with E-state index < -0.39 is 5.82 Å². The lowest BCUT2D eigenvalue weighted by Crippen LogP contribution is -2.41. The van der Waals surface area contributed by atoms with Gasteiger partial charge in [0.05, 0.1) is 16.8 Å². The number of hydrogen-bond acceptors (Lipinski definition) is 4. The van der Waals surface area contributed by atoms with Crippen LogP contribution in [0.15, 0.2) is 47.5 Å². The third kappa shape index (κ3) is 5.00. The average Bonchev–Trinajstić information content (AvgIpc) is 3.15. The van der Waals surface area contributed by atoms with Gasteiger partial charge in [0.1, 0.15) is 5.82 Å². The third-order valence-electron chi connectivity index (χ3n) is 6.00. The second-order valence-electron chi connectivity index (χ2n) is 8.76. The molecule has 1 saturated heterocycles. The Morgan fingerprint density at radius 2 is 1.88 bits per heavy atom. The van der Waals surface area contributed by atoms with Gasteiger partial charge in [-0.15, -0.1) is 5.10 Å². The second kappa shape index (κ2) is 9.87. The molecule has 0 bridgehead atoms. The first kappa shape index (κ1) is 23.2. The van der Waals surface area contributed by atoms with Crippen LogP contribution in [0, 0.1) is 11.7 Å². The van der Waals surface area contributed by atoms with Crippen molar-refractivity contribution in [1.82, 2.24) is 24.2 Å². The van der Waals surface area contributed by atoms with Crippen LogP contribution in [0.4, 0.5) is 4.39 Å². The number of aromatic nitrogens is 4. The zero-order chi connectivity index (χ0) is 23.5. The minimum atomic E-state index is -0.391. The van der Waals surface area contributed by atoms with Gasteiger partial charge in [0.15, 0.2) is 5.82 Å². The first-order valence-corrected chi connectivity index (χ1v) is 11.6. The quantitative estimate of drug-likeness (QED) is 0.531. The Hall–Kier alpha value is -3.00. The Morgan fingerprint density at radius 1 is 1.18 bits per heavy atom. The molecule has 1 aromatic carbocycles. The highest BCUT2D eigenvalue weighted by molar-refractivity contribution is 6.33. The molecule has 1 aliphatic rings. The summed E-state index contributed by atoms with van der Waals surface area (Å²) in [6.45, 7) is 5.39. The fourth-order valence-electron chi connectivity index (χ4n) is 4.10. The highest BCUT2D eigenvalue weighted by Gasteiger charge is 2.28. The molecular formula is C24H27ClFN5O2. The Kier molecular flexibility index (Phi) is 6.93. The van der Waals surface area contributed by atoms with E-state index in [2.05, 4.69) is 23.9 Å². The zero-order valence-electron chi connectivity index (χ0n) is 18.7. The van der Waals surface area contributed by atoms with Crippen molar-refractivity contribution in [2.45, 2.75) is 45.6 Å². The van der Waals surface area contributed by atoms with Crippen LogP contribution >= 0.6 is 11.6 Å². The number of nitrogens with zero attached hydrogens (tertiary/aromatic N) is 5. The van der Waals surface area contributed by atoms with Crippen molar-refractivity contribution in [1.29, 1.82) is 0 Å². The first-order valence-electron chi connectivity index (χ1n) is 11.2. The maximum Gasteiger partial charge on any atom is 0.351 e. The molecular weight excluding hydrogens is 445 g/mol. The Labute approximate surface area is 196 Å². The van der Waals surface area contributed by atoms with E-state index in [1.165, 1.54) is 39.7 Å². The number of carbonyl (C=O) groups is 1. The summed E-state index contributed by atoms with van der Waals surface area (Å²) in [4.78, 5) is 31.9. The normalized spacial score (nSPS) is 14.8. The number of pyridine rings is 1. The molecule has 174 valence electrons. The van der Waals surface area contributed by atoms with Crippen molar-refractivity contribution in [3.8, 4) is 17.1 Å². The average molecular weight is 472 g/mol. The van der Waals surface area contributed by atoms with Gasteiger partial charge in [-0.3, -0.25) is 9.78 Å². The molecule has 1 aliphatic heterocycles. The lowest BCUT2D eigenvalue weighted by atomic mass is 10.0. The molecule has 9 heteroatoms. The van der Waals surface area contributed by atoms with Crippen LogP contribution in [0.25, 0.3) is 17.1 Å². The minimum Gasteiger partial charge on any atom is -0.343 e. The molecule has 0 aliphatic carbocycles. The van der Waals surface area contributed by atoms with Gasteiger partial charge in [0.2, 0.25) is 5.91 Å². The maximum atomic E-state index is 13.5. The molecule has 0 N–H and O–H groups in total. The van der Waals surface area contributed by atoms with Crippen molar-refractivity contribution in [2.24, 2.45) is 5.92 Å². The summed E-state index contributed by atoms with van der Waals surface area (Å²) in [7, 11) is 0. The lowest BCUT2D eigenvalue weighted by Gasteiger charge is -2.31. The Bertz CT molecular complexity index is 1180. The van der Waals surface area contributed by atoms with Crippen molar-refractivity contribution in [2.75, 3.05) is 13.1 Å². The van der Waals surface area contributed by atoms with E-state index in [9.17, 15) is 14.0 Å². The van der Waals surface area contributed by atoms with Gasteiger partial charge in [0.25, 0.3) is 0 Å². The highest BCUT2D eigenvalue weighted by atomic mass is 35.5. The Morgan fingerprint density at radius 3 is 2.52 bits per heavy atom. The number of rotatable bonds is 6. The number of amides is 1. The molecule has 0 saturated carbocycles. The monoisotopic (exact) mass is 471 g/mol. The number of benzene rings is 1. The zero-order valence-corrected chi connectivity index (χ0v) is 19.5. The number of piperidine rings is 1. The minimum absolute atomic E-state index is 0.146. The molecule has 2 aromatic heterocycles. The molecule has 4 rings (SSSR count). The van der Waals surface area contributed by atoms with E-state index in [-0.39, 0.29) is 17.6 Å². The maximum absolute atomic E-state index is 13.5. The topological polar surface area (TPSA) is 73.0 Å². The van der Waals surface area contributed by atoms with Gasteiger partial charge in [-0.1, -0.05) is 25.4 Å². The van der Waals surface area contributed by atoms with Gasteiger partial charge >= 0.3 is 5.69 Å². The third-order valence-corrected chi connectivity index (χ3v) is 6.30. The second-order valence-corrected chi connectivity index (χ2v) is 9.17. The number of hydrogen-bond donors (Lipinski definition) is 0. The van der Waals surface area contributed by atoms with E-state index in [0.29, 0.717) is 60.4 Å². The summed E-state index contributed by atoms with van der Waals surface area (Å²) >= 11 is 6.37. The number of likely N-dealkylation sites (tertiary alicyclic amines) is 1. The molecule has 7 nitrogen and oxygen atoms in total. The van der Waals surface area contributed by atoms with Gasteiger partial charge in [0, 0.05) is 37.5 Å². The summed E-state index contributed by atoms with van der Waals surface area (Å²) in [6.07, 6.45) is 5.77. The van der Waals surface area contributed by atoms with Crippen molar-refractivity contribution in [3.63, 3.8) is 0 Å². The summed E-state index contributed by atoms with van der Waals surface area (Å²) in [5, 5.41) is 5.01. The standard InChI is InChI=1S/C24H27ClFN5O2/c1-16(2)3-8-22(32)29-13-10-19(11-14-29)31-24(33)30(18-6-4-17(26)5-7-18)23(28-31)20-9-12-27-15-21(20)25/h4-7,9,12,15-16,19H,3,8,10-11,13-14H2,1-2H3. The molecule has 0 spiro atoms. The molecule has 0 unspecified atom stereocenters. The van der Waals surface area contributed by atoms with Gasteiger partial charge in [-0.25, -0.2) is 18.4 Å². The van der Waals surface area contributed by atoms with Crippen LogP contribution < -0.4 is 5.69 Å². The fourth-order valence-corrected chi connectivity index (χ4v) is 4.31. The van der Waals surface area contributed by atoms with Crippen molar-refractivity contribution >= 4 is 17.5 Å². The predicted molar refractivity (Wildman–Crippen MR) is 125 cm³/mol. The first-order chi connectivity index (χ1) is 15.8. The summed E-state index contributed by atoms with van der Waals surface area (Å²) in [6, 6.07) is 7.24. The molecule has 1 fully saturated rings. The smallest absolute Gasteiger partial charge is 0.343 e. The Balaban J connectivity index is 1.64. The SMILES string of the molecule is CC(C)CCC(=O)N1CCC(n2nc(-c3ccncc3Cl)n(-c3ccc(F)cc3)c2=O)CC1. The highest BCUT2D eigenvalue weighted by Crippen LogP contribution is 2.29. The molecule has 0 atom stereocenters. The van der Waals surface area contributed by atoms with E-state index in [4.69, 9.17) is 11.6 Å². The fraction of sp³-hybridized carbons (Fsp3) is 0.417. The van der Waals surface area contributed by atoms with E-state index in [0.717, 1.165) is 6.42 Å². The molecule has 3 aromatic rings. The van der Waals surface area contributed by atoms with Crippen LogP contribution in [-0.4, -0.2) is 43.2 Å².